The van der Waals surface area contributed by atoms with E-state index in [-0.39, 0.29) is 10.7 Å². The number of halogens is 3. The van der Waals surface area contributed by atoms with Gasteiger partial charge < -0.3 is 0 Å². The van der Waals surface area contributed by atoms with Crippen LogP contribution < -0.4 is 0 Å². The lowest BCUT2D eigenvalue weighted by molar-refractivity contribution is -0.384. The topological polar surface area (TPSA) is 56.0 Å². The zero-order valence-electron chi connectivity index (χ0n) is 7.58. The molecule has 1 heterocycles. The van der Waals surface area contributed by atoms with Crippen LogP contribution in [0.25, 0.3) is 10.9 Å². The van der Waals surface area contributed by atoms with Gasteiger partial charge in [-0.15, -0.1) is 0 Å². The highest BCUT2D eigenvalue weighted by atomic mass is 79.9. The quantitative estimate of drug-likeness (QED) is 0.558. The largest absolute Gasteiger partial charge is 0.289 e. The molecule has 0 saturated carbocycles. The second-order valence-corrected chi connectivity index (χ2v) is 5.15. The molecule has 0 bridgehead atoms. The molecule has 0 N–H and O–H groups in total. The Hall–Kier alpha value is -0.720. The second kappa shape index (κ2) is 4.27. The summed E-state index contributed by atoms with van der Waals surface area (Å²) in [5.74, 6) is 0. The maximum absolute atomic E-state index is 10.8. The molecular weight excluding hydrogens is 363 g/mol. The number of nitro groups is 1. The highest BCUT2D eigenvalue weighted by Crippen LogP contribution is 2.37. The predicted octanol–water partition coefficient (Wildman–Crippen LogP) is 4.32. The Bertz CT molecular complexity index is 604. The summed E-state index contributed by atoms with van der Waals surface area (Å²) >= 11 is 12.4. The molecular formula is C9H3Br2ClN2O2. The average molecular weight is 366 g/mol. The van der Waals surface area contributed by atoms with Crippen LogP contribution in [-0.4, -0.2) is 9.91 Å². The van der Waals surface area contributed by atoms with Crippen molar-refractivity contribution in [3.8, 4) is 0 Å². The van der Waals surface area contributed by atoms with E-state index in [2.05, 4.69) is 36.8 Å². The Kier molecular flexibility index (Phi) is 3.14. The standard InChI is InChI=1S/C9H3Br2ClN2O2/c10-4-1-5-8(12)7(14(15)16)2-6(11)9(5)13-3-4/h1-3H. The molecule has 4 nitrogen and oxygen atoms in total. The molecule has 0 aliphatic rings. The van der Waals surface area contributed by atoms with E-state index in [0.29, 0.717) is 19.8 Å². The molecule has 1 aromatic carbocycles. The van der Waals surface area contributed by atoms with E-state index in [1.165, 1.54) is 6.07 Å². The fourth-order valence-electron chi connectivity index (χ4n) is 1.32. The van der Waals surface area contributed by atoms with Crippen LogP contribution in [-0.2, 0) is 0 Å². The van der Waals surface area contributed by atoms with E-state index < -0.39 is 4.92 Å². The van der Waals surface area contributed by atoms with Crippen molar-refractivity contribution in [1.82, 2.24) is 4.98 Å². The van der Waals surface area contributed by atoms with E-state index in [4.69, 9.17) is 11.6 Å². The number of hydrogen-bond acceptors (Lipinski definition) is 3. The zero-order chi connectivity index (χ0) is 11.9. The third-order valence-electron chi connectivity index (χ3n) is 2.00. The predicted molar refractivity (Wildman–Crippen MR) is 68.8 cm³/mol. The minimum atomic E-state index is -0.520. The van der Waals surface area contributed by atoms with Crippen LogP contribution in [0.1, 0.15) is 0 Å². The molecule has 16 heavy (non-hydrogen) atoms. The normalized spacial score (nSPS) is 10.7. The van der Waals surface area contributed by atoms with Crippen LogP contribution in [0.3, 0.4) is 0 Å². The summed E-state index contributed by atoms with van der Waals surface area (Å²) in [7, 11) is 0. The van der Waals surface area contributed by atoms with Gasteiger partial charge in [0.1, 0.15) is 5.02 Å². The van der Waals surface area contributed by atoms with E-state index in [0.717, 1.165) is 0 Å². The van der Waals surface area contributed by atoms with E-state index in [1.807, 2.05) is 0 Å². The molecule has 2 aromatic rings. The fourth-order valence-corrected chi connectivity index (χ4v) is 2.45. The summed E-state index contributed by atoms with van der Waals surface area (Å²) < 4.78 is 1.26. The number of fused-ring (bicyclic) bond motifs is 1. The molecule has 0 unspecified atom stereocenters. The van der Waals surface area contributed by atoms with Gasteiger partial charge in [0.2, 0.25) is 0 Å². The molecule has 0 fully saturated rings. The lowest BCUT2D eigenvalue weighted by Crippen LogP contribution is -1.92. The molecule has 2 rings (SSSR count). The van der Waals surface area contributed by atoms with Gasteiger partial charge in [0, 0.05) is 22.1 Å². The van der Waals surface area contributed by atoms with Crippen LogP contribution >= 0.6 is 43.5 Å². The summed E-state index contributed by atoms with van der Waals surface area (Å²) in [5.41, 5.74) is 0.458. The van der Waals surface area contributed by atoms with Gasteiger partial charge in [-0.25, -0.2) is 0 Å². The number of nitrogens with zero attached hydrogens (tertiary/aromatic N) is 2. The Morgan fingerprint density at radius 3 is 2.69 bits per heavy atom. The first-order valence-corrected chi connectivity index (χ1v) is 6.04. The monoisotopic (exact) mass is 364 g/mol. The van der Waals surface area contributed by atoms with E-state index in [1.54, 1.807) is 12.3 Å². The van der Waals surface area contributed by atoms with Gasteiger partial charge in [0.15, 0.2) is 0 Å². The Morgan fingerprint density at radius 2 is 2.06 bits per heavy atom. The maximum atomic E-state index is 10.8. The van der Waals surface area contributed by atoms with Crippen molar-refractivity contribution in [3.63, 3.8) is 0 Å². The summed E-state index contributed by atoms with van der Waals surface area (Å²) in [6.45, 7) is 0. The highest BCUT2D eigenvalue weighted by molar-refractivity contribution is 9.11. The summed E-state index contributed by atoms with van der Waals surface area (Å²) in [6, 6.07) is 3.05. The third kappa shape index (κ3) is 1.92. The van der Waals surface area contributed by atoms with Gasteiger partial charge in [0.25, 0.3) is 5.69 Å². The molecule has 0 atom stereocenters. The average Bonchev–Trinajstić information content (AvgIpc) is 2.22. The molecule has 0 aliphatic carbocycles. The number of pyridine rings is 1. The van der Waals surface area contributed by atoms with Gasteiger partial charge in [-0.05, 0) is 37.9 Å². The minimum absolute atomic E-state index is 0.0944. The maximum Gasteiger partial charge on any atom is 0.289 e. The summed E-state index contributed by atoms with van der Waals surface area (Å²) in [5, 5.41) is 11.4. The Labute approximate surface area is 112 Å². The Balaban J connectivity index is 2.91. The van der Waals surface area contributed by atoms with Crippen molar-refractivity contribution in [1.29, 1.82) is 0 Å². The number of benzene rings is 1. The smallest absolute Gasteiger partial charge is 0.258 e. The molecule has 0 amide bonds. The fraction of sp³-hybridized carbons (Fsp3) is 0. The summed E-state index contributed by atoms with van der Waals surface area (Å²) in [4.78, 5) is 14.4. The van der Waals surface area contributed by atoms with Crippen molar-refractivity contribution in [3.05, 3.63) is 42.4 Å². The van der Waals surface area contributed by atoms with Crippen molar-refractivity contribution in [2.75, 3.05) is 0 Å². The van der Waals surface area contributed by atoms with Crippen molar-refractivity contribution in [2.45, 2.75) is 0 Å². The first-order valence-electron chi connectivity index (χ1n) is 4.08. The van der Waals surface area contributed by atoms with Crippen LogP contribution in [0.15, 0.2) is 27.3 Å². The molecule has 0 aliphatic heterocycles. The van der Waals surface area contributed by atoms with E-state index >= 15 is 0 Å². The van der Waals surface area contributed by atoms with Crippen LogP contribution in [0.4, 0.5) is 5.69 Å². The molecule has 82 valence electrons. The van der Waals surface area contributed by atoms with E-state index in [9.17, 15) is 10.1 Å². The molecule has 7 heteroatoms. The minimum Gasteiger partial charge on any atom is -0.258 e. The second-order valence-electron chi connectivity index (χ2n) is 3.00. The highest BCUT2D eigenvalue weighted by Gasteiger charge is 2.18. The molecule has 0 spiro atoms. The first-order chi connectivity index (χ1) is 7.50. The number of rotatable bonds is 1. The lowest BCUT2D eigenvalue weighted by atomic mass is 10.2. The van der Waals surface area contributed by atoms with Crippen molar-refractivity contribution in [2.24, 2.45) is 0 Å². The van der Waals surface area contributed by atoms with Crippen molar-refractivity contribution < 1.29 is 4.92 Å². The summed E-state index contributed by atoms with van der Waals surface area (Å²) in [6.07, 6.45) is 1.61. The molecule has 1 aromatic heterocycles. The van der Waals surface area contributed by atoms with Gasteiger partial charge >= 0.3 is 0 Å². The number of nitro benzene ring substituents is 1. The van der Waals surface area contributed by atoms with Gasteiger partial charge in [-0.3, -0.25) is 15.1 Å². The SMILES string of the molecule is O=[N+]([O-])c1cc(Br)c2ncc(Br)cc2c1Cl. The lowest BCUT2D eigenvalue weighted by Gasteiger charge is -2.03. The van der Waals surface area contributed by atoms with Crippen molar-refractivity contribution >= 4 is 60.1 Å². The van der Waals surface area contributed by atoms with Gasteiger partial charge in [-0.2, -0.15) is 0 Å². The third-order valence-corrected chi connectivity index (χ3v) is 3.44. The zero-order valence-corrected chi connectivity index (χ0v) is 11.5. The molecule has 0 saturated heterocycles. The number of aromatic nitrogens is 1. The Morgan fingerprint density at radius 1 is 1.38 bits per heavy atom. The first kappa shape index (κ1) is 11.8. The van der Waals surface area contributed by atoms with Crippen LogP contribution in [0, 0.1) is 10.1 Å². The number of hydrogen-bond donors (Lipinski definition) is 0. The van der Waals surface area contributed by atoms with Gasteiger partial charge in [-0.1, -0.05) is 11.6 Å². The van der Waals surface area contributed by atoms with Crippen LogP contribution in [0.2, 0.25) is 5.02 Å². The van der Waals surface area contributed by atoms with Crippen LogP contribution in [0.5, 0.6) is 0 Å². The van der Waals surface area contributed by atoms with Gasteiger partial charge in [0.05, 0.1) is 14.9 Å². The molecule has 0 radical (unpaired) electrons.